The fraction of sp³-hybridized carbons (Fsp3) is 0.333. The summed E-state index contributed by atoms with van der Waals surface area (Å²) in [6.07, 6.45) is 1.14. The van der Waals surface area contributed by atoms with Crippen LogP contribution in [0.3, 0.4) is 0 Å². The van der Waals surface area contributed by atoms with Gasteiger partial charge in [-0.05, 0) is 41.0 Å². The molecule has 10 heteroatoms. The van der Waals surface area contributed by atoms with Gasteiger partial charge in [-0.25, -0.2) is 12.8 Å². The van der Waals surface area contributed by atoms with Crippen LogP contribution in [0.25, 0.3) is 0 Å². The van der Waals surface area contributed by atoms with Crippen molar-refractivity contribution in [2.24, 2.45) is 4.99 Å². The normalized spacial score (nSPS) is 11.5. The summed E-state index contributed by atoms with van der Waals surface area (Å²) in [5.41, 5.74) is 2.66. The Morgan fingerprint density at radius 2 is 1.65 bits per heavy atom. The van der Waals surface area contributed by atoms with Crippen LogP contribution in [0.1, 0.15) is 27.0 Å². The number of nitrogens with zero attached hydrogens (tertiary/aromatic N) is 2. The lowest BCUT2D eigenvalue weighted by molar-refractivity contribution is 0.0827. The maximum atomic E-state index is 13.6. The van der Waals surface area contributed by atoms with E-state index in [1.807, 2.05) is 12.1 Å². The third-order valence-electron chi connectivity index (χ3n) is 4.32. The van der Waals surface area contributed by atoms with Crippen LogP contribution in [0.15, 0.2) is 47.5 Å². The standard InChI is InChI=1S/C21H27FN4O3S.HI/c1-23-21(24-12-15-5-7-16(8-6-15)20(27)26(2)3)25-13-18-11-19(22)10-9-17(18)14-30(4,28)29;/h5-11H,12-14H2,1-4H3,(H2,23,24,25);1H. The van der Waals surface area contributed by atoms with E-state index in [1.165, 1.54) is 23.1 Å². The minimum atomic E-state index is -3.24. The first-order chi connectivity index (χ1) is 14.1. The van der Waals surface area contributed by atoms with Gasteiger partial charge in [0.05, 0.1) is 5.75 Å². The van der Waals surface area contributed by atoms with E-state index in [1.54, 1.807) is 33.3 Å². The smallest absolute Gasteiger partial charge is 0.253 e. The molecule has 0 bridgehead atoms. The maximum Gasteiger partial charge on any atom is 0.253 e. The van der Waals surface area contributed by atoms with Crippen LogP contribution in [-0.2, 0) is 28.7 Å². The number of carbonyl (C=O) groups excluding carboxylic acids is 1. The van der Waals surface area contributed by atoms with Crippen LogP contribution in [0.5, 0.6) is 0 Å². The van der Waals surface area contributed by atoms with Crippen LogP contribution >= 0.6 is 24.0 Å². The zero-order valence-electron chi connectivity index (χ0n) is 18.0. The monoisotopic (exact) mass is 562 g/mol. The largest absolute Gasteiger partial charge is 0.352 e. The Morgan fingerprint density at radius 1 is 1.03 bits per heavy atom. The fourth-order valence-electron chi connectivity index (χ4n) is 2.79. The number of halogens is 2. The highest BCUT2D eigenvalue weighted by atomic mass is 127. The Labute approximate surface area is 200 Å². The molecule has 0 unspecified atom stereocenters. The van der Waals surface area contributed by atoms with Crippen molar-refractivity contribution in [3.63, 3.8) is 0 Å². The minimum absolute atomic E-state index is 0. The van der Waals surface area contributed by atoms with Gasteiger partial charge in [0.15, 0.2) is 15.8 Å². The summed E-state index contributed by atoms with van der Waals surface area (Å²) in [6.45, 7) is 0.689. The van der Waals surface area contributed by atoms with Crippen LogP contribution < -0.4 is 10.6 Å². The Hall–Kier alpha value is -2.21. The van der Waals surface area contributed by atoms with Crippen molar-refractivity contribution in [3.8, 4) is 0 Å². The second-order valence-electron chi connectivity index (χ2n) is 7.16. The van der Waals surface area contributed by atoms with E-state index in [0.29, 0.717) is 29.2 Å². The highest BCUT2D eigenvalue weighted by molar-refractivity contribution is 14.0. The molecular weight excluding hydrogens is 534 g/mol. The average molecular weight is 562 g/mol. The van der Waals surface area contributed by atoms with Crippen molar-refractivity contribution in [1.29, 1.82) is 0 Å². The van der Waals surface area contributed by atoms with E-state index in [4.69, 9.17) is 0 Å². The number of nitrogens with one attached hydrogen (secondary N) is 2. The van der Waals surface area contributed by atoms with E-state index >= 15 is 0 Å². The molecule has 0 aliphatic carbocycles. The maximum absolute atomic E-state index is 13.6. The molecule has 2 rings (SSSR count). The summed E-state index contributed by atoms with van der Waals surface area (Å²) in [5.74, 6) is -0.168. The summed E-state index contributed by atoms with van der Waals surface area (Å²) in [6, 6.07) is 11.3. The van der Waals surface area contributed by atoms with Gasteiger partial charge in [-0.1, -0.05) is 18.2 Å². The topological polar surface area (TPSA) is 90.9 Å². The summed E-state index contributed by atoms with van der Waals surface area (Å²) in [7, 11) is 1.77. The number of aliphatic imine (C=N–C) groups is 1. The lowest BCUT2D eigenvalue weighted by Crippen LogP contribution is -2.36. The average Bonchev–Trinajstić information content (AvgIpc) is 2.68. The third-order valence-corrected chi connectivity index (χ3v) is 5.16. The lowest BCUT2D eigenvalue weighted by atomic mass is 10.1. The van der Waals surface area contributed by atoms with Gasteiger partial charge in [0.25, 0.3) is 5.91 Å². The van der Waals surface area contributed by atoms with E-state index in [-0.39, 0.29) is 42.2 Å². The predicted octanol–water partition coefficient (Wildman–Crippen LogP) is 2.56. The summed E-state index contributed by atoms with van der Waals surface area (Å²) in [5, 5.41) is 6.21. The van der Waals surface area contributed by atoms with Gasteiger partial charge in [0.1, 0.15) is 5.82 Å². The Bertz CT molecular complexity index is 1030. The van der Waals surface area contributed by atoms with Crippen LogP contribution in [0.4, 0.5) is 4.39 Å². The second-order valence-corrected chi connectivity index (χ2v) is 9.30. The Balaban J connectivity index is 0.00000480. The van der Waals surface area contributed by atoms with E-state index in [9.17, 15) is 17.6 Å². The molecule has 0 radical (unpaired) electrons. The molecule has 7 nitrogen and oxygen atoms in total. The van der Waals surface area contributed by atoms with Crippen molar-refractivity contribution in [3.05, 3.63) is 70.5 Å². The molecule has 0 aromatic heterocycles. The van der Waals surface area contributed by atoms with Crippen molar-refractivity contribution in [1.82, 2.24) is 15.5 Å². The first kappa shape index (κ1) is 26.8. The first-order valence-electron chi connectivity index (χ1n) is 9.29. The molecule has 0 fully saturated rings. The number of sulfone groups is 1. The Morgan fingerprint density at radius 3 is 2.19 bits per heavy atom. The molecule has 0 aliphatic rings. The van der Waals surface area contributed by atoms with E-state index in [0.717, 1.165) is 11.8 Å². The molecule has 1 amide bonds. The number of guanidine groups is 1. The van der Waals surface area contributed by atoms with Gasteiger partial charge < -0.3 is 15.5 Å². The highest BCUT2D eigenvalue weighted by Gasteiger charge is 2.11. The minimum Gasteiger partial charge on any atom is -0.352 e. The van der Waals surface area contributed by atoms with Gasteiger partial charge in [-0.3, -0.25) is 9.79 Å². The molecule has 0 heterocycles. The number of hydrogen-bond acceptors (Lipinski definition) is 4. The quantitative estimate of drug-likeness (QED) is 0.308. The highest BCUT2D eigenvalue weighted by Crippen LogP contribution is 2.14. The molecule has 0 saturated heterocycles. The van der Waals surface area contributed by atoms with Crippen LogP contribution in [-0.4, -0.2) is 52.6 Å². The molecule has 0 spiro atoms. The number of amides is 1. The van der Waals surface area contributed by atoms with Crippen LogP contribution in [0, 0.1) is 5.82 Å². The van der Waals surface area contributed by atoms with E-state index < -0.39 is 15.7 Å². The molecule has 31 heavy (non-hydrogen) atoms. The first-order valence-corrected chi connectivity index (χ1v) is 11.3. The van der Waals surface area contributed by atoms with Gasteiger partial charge in [0.2, 0.25) is 0 Å². The number of rotatable bonds is 7. The van der Waals surface area contributed by atoms with Crippen molar-refractivity contribution < 1.29 is 17.6 Å². The zero-order chi connectivity index (χ0) is 22.3. The van der Waals surface area contributed by atoms with Crippen LogP contribution in [0.2, 0.25) is 0 Å². The summed E-state index contributed by atoms with van der Waals surface area (Å²) < 4.78 is 36.9. The molecule has 0 aliphatic heterocycles. The SMILES string of the molecule is CN=C(NCc1ccc(C(=O)N(C)C)cc1)NCc1cc(F)ccc1CS(C)(=O)=O.I. The van der Waals surface area contributed by atoms with Crippen molar-refractivity contribution >= 4 is 45.7 Å². The molecule has 2 aromatic rings. The van der Waals surface area contributed by atoms with Gasteiger partial charge in [-0.15, -0.1) is 24.0 Å². The molecule has 2 N–H and O–H groups in total. The number of carbonyl (C=O) groups is 1. The number of hydrogen-bond donors (Lipinski definition) is 2. The van der Waals surface area contributed by atoms with Gasteiger partial charge >= 0.3 is 0 Å². The zero-order valence-corrected chi connectivity index (χ0v) is 21.1. The molecule has 0 atom stereocenters. The molecule has 170 valence electrons. The molecule has 0 saturated carbocycles. The Kier molecular flexibility index (Phi) is 10.4. The predicted molar refractivity (Wildman–Crippen MR) is 132 cm³/mol. The second kappa shape index (κ2) is 12.0. The lowest BCUT2D eigenvalue weighted by Gasteiger charge is -2.15. The fourth-order valence-corrected chi connectivity index (χ4v) is 3.64. The van der Waals surface area contributed by atoms with Gasteiger partial charge in [0, 0.05) is 46.1 Å². The third kappa shape index (κ3) is 8.82. The van der Waals surface area contributed by atoms with Crippen molar-refractivity contribution in [2.75, 3.05) is 27.4 Å². The van der Waals surface area contributed by atoms with Crippen molar-refractivity contribution in [2.45, 2.75) is 18.8 Å². The summed E-state index contributed by atoms with van der Waals surface area (Å²) in [4.78, 5) is 17.6. The summed E-state index contributed by atoms with van der Waals surface area (Å²) >= 11 is 0. The van der Waals surface area contributed by atoms with E-state index in [2.05, 4.69) is 15.6 Å². The molecular formula is C21H28FIN4O3S. The van der Waals surface area contributed by atoms with Gasteiger partial charge in [-0.2, -0.15) is 0 Å². The number of benzene rings is 2. The molecule has 2 aromatic carbocycles.